The van der Waals surface area contributed by atoms with Gasteiger partial charge in [0, 0.05) is 25.6 Å². The van der Waals surface area contributed by atoms with Crippen LogP contribution in [0.15, 0.2) is 24.3 Å². The lowest BCUT2D eigenvalue weighted by Crippen LogP contribution is -2.40. The summed E-state index contributed by atoms with van der Waals surface area (Å²) in [7, 11) is 1.40. The number of amides is 2. The van der Waals surface area contributed by atoms with Crippen molar-refractivity contribution in [3.8, 4) is 5.88 Å². The molecule has 2 amide bonds. The highest BCUT2D eigenvalue weighted by atomic mass is 19.4. The number of nitrogens with one attached hydrogen (secondary N) is 3. The van der Waals surface area contributed by atoms with Crippen LogP contribution in [0.4, 0.5) is 46.8 Å². The number of anilines is 2. The van der Waals surface area contributed by atoms with Gasteiger partial charge in [0.05, 0.1) is 17.2 Å². The summed E-state index contributed by atoms with van der Waals surface area (Å²) in [4.78, 5) is 34.1. The van der Waals surface area contributed by atoms with E-state index in [1.807, 2.05) is 0 Å². The molecule has 5 rings (SSSR count). The van der Waals surface area contributed by atoms with Crippen molar-refractivity contribution in [2.75, 3.05) is 11.9 Å². The van der Waals surface area contributed by atoms with Gasteiger partial charge in [0.15, 0.2) is 12.3 Å². The third-order valence-electron chi connectivity index (χ3n) is 8.75. The number of nitrogens with zero attached hydrogens (tertiary/aromatic N) is 3. The summed E-state index contributed by atoms with van der Waals surface area (Å²) < 4.78 is 114. The first kappa shape index (κ1) is 35.1. The minimum absolute atomic E-state index is 0.00358. The first-order valence-electron chi connectivity index (χ1n) is 15.5. The van der Waals surface area contributed by atoms with Gasteiger partial charge >= 0.3 is 12.4 Å². The van der Waals surface area contributed by atoms with Gasteiger partial charge in [-0.1, -0.05) is 18.9 Å². The second-order valence-electron chi connectivity index (χ2n) is 12.1. The van der Waals surface area contributed by atoms with Crippen molar-refractivity contribution in [2.24, 2.45) is 18.9 Å². The molecule has 0 saturated heterocycles. The number of fused-ring (bicyclic) bond motifs is 1. The van der Waals surface area contributed by atoms with Crippen LogP contribution in [0.5, 0.6) is 5.88 Å². The number of halogens is 8. The van der Waals surface area contributed by atoms with Crippen molar-refractivity contribution in [3.63, 3.8) is 0 Å². The van der Waals surface area contributed by atoms with E-state index in [2.05, 4.69) is 25.9 Å². The molecule has 0 aliphatic heterocycles. The van der Waals surface area contributed by atoms with Crippen LogP contribution >= 0.6 is 0 Å². The number of carbonyl (C=O) groups excluding carboxylic acids is 2. The van der Waals surface area contributed by atoms with E-state index in [1.165, 1.54) is 29.8 Å². The third-order valence-corrected chi connectivity index (χ3v) is 8.75. The number of ether oxygens (including phenoxy) is 1. The van der Waals surface area contributed by atoms with Crippen LogP contribution in [0.1, 0.15) is 72.9 Å². The number of pyridine rings is 1. The van der Waals surface area contributed by atoms with Gasteiger partial charge in [0.1, 0.15) is 11.1 Å². The van der Waals surface area contributed by atoms with Gasteiger partial charge in [-0.3, -0.25) is 14.2 Å². The molecule has 2 fully saturated rings. The lowest BCUT2D eigenvalue weighted by atomic mass is 9.85. The molecule has 0 spiro atoms. The van der Waals surface area contributed by atoms with Crippen molar-refractivity contribution in [1.82, 2.24) is 25.2 Å². The summed E-state index contributed by atoms with van der Waals surface area (Å²) >= 11 is 0. The van der Waals surface area contributed by atoms with E-state index in [0.29, 0.717) is 5.56 Å². The molecule has 1 aromatic carbocycles. The Morgan fingerprint density at radius 3 is 2.29 bits per heavy atom. The fraction of sp³-hybridized carbons (Fsp3) is 0.548. The van der Waals surface area contributed by atoms with Gasteiger partial charge in [-0.05, 0) is 62.3 Å². The van der Waals surface area contributed by atoms with Gasteiger partial charge < -0.3 is 20.7 Å². The van der Waals surface area contributed by atoms with Crippen molar-refractivity contribution in [3.05, 3.63) is 41.0 Å². The zero-order valence-electron chi connectivity index (χ0n) is 25.8. The van der Waals surface area contributed by atoms with Crippen LogP contribution in [0, 0.1) is 11.8 Å². The molecule has 0 unspecified atom stereocenters. The highest BCUT2D eigenvalue weighted by molar-refractivity contribution is 5.99. The third kappa shape index (κ3) is 8.27. The van der Waals surface area contributed by atoms with E-state index < -0.39 is 54.7 Å². The molecule has 17 heteroatoms. The van der Waals surface area contributed by atoms with Gasteiger partial charge in [0.25, 0.3) is 12.3 Å². The summed E-state index contributed by atoms with van der Waals surface area (Å²) in [6.07, 6.45) is -8.95. The molecule has 2 saturated carbocycles. The highest BCUT2D eigenvalue weighted by Gasteiger charge is 2.42. The largest absolute Gasteiger partial charge is 0.471 e. The lowest BCUT2D eigenvalue weighted by Gasteiger charge is -2.30. The molecular formula is C31H34F8N6O3. The first-order valence-corrected chi connectivity index (χ1v) is 15.5. The molecule has 0 radical (unpaired) electrons. The maximum Gasteiger partial charge on any atom is 0.418 e. The van der Waals surface area contributed by atoms with Crippen molar-refractivity contribution < 1.29 is 49.4 Å². The molecule has 2 aliphatic rings. The maximum atomic E-state index is 14.0. The molecule has 48 heavy (non-hydrogen) atoms. The molecule has 262 valence electrons. The average molecular weight is 691 g/mol. The SMILES string of the molecule is Cn1c(Nc2cc(CNC(=O)C3CCCC3)ccc2C(F)(F)F)nc2cc(C(=O)N[C@H]3CC[C@H](C(F)(F)F)CC3)c(OCC(F)F)nc21. The maximum absolute atomic E-state index is 14.0. The molecule has 9 nitrogen and oxygen atoms in total. The molecular weight excluding hydrogens is 656 g/mol. The van der Waals surface area contributed by atoms with Crippen LogP contribution in [-0.2, 0) is 24.6 Å². The Bertz CT molecular complexity index is 1630. The summed E-state index contributed by atoms with van der Waals surface area (Å²) in [6, 6.07) is 3.92. The number of benzene rings is 1. The highest BCUT2D eigenvalue weighted by Crippen LogP contribution is 2.39. The Hall–Kier alpha value is -4.18. The Morgan fingerprint density at radius 1 is 0.979 bits per heavy atom. The number of imidazole rings is 1. The van der Waals surface area contributed by atoms with Crippen molar-refractivity contribution >= 4 is 34.6 Å². The van der Waals surface area contributed by atoms with Crippen LogP contribution in [0.25, 0.3) is 11.2 Å². The van der Waals surface area contributed by atoms with E-state index in [9.17, 15) is 44.7 Å². The number of hydrogen-bond donors (Lipinski definition) is 3. The summed E-state index contributed by atoms with van der Waals surface area (Å²) in [5.74, 6) is -3.26. The summed E-state index contributed by atoms with van der Waals surface area (Å²) in [5.41, 5.74) is -1.34. The minimum atomic E-state index is -4.77. The zero-order valence-corrected chi connectivity index (χ0v) is 25.8. The average Bonchev–Trinajstić information content (AvgIpc) is 3.66. The van der Waals surface area contributed by atoms with E-state index >= 15 is 0 Å². The van der Waals surface area contributed by atoms with Gasteiger partial charge in [-0.25, -0.2) is 13.8 Å². The predicted octanol–water partition coefficient (Wildman–Crippen LogP) is 7.03. The van der Waals surface area contributed by atoms with Crippen LogP contribution in [0.3, 0.4) is 0 Å². The number of hydrogen-bond acceptors (Lipinski definition) is 6. The Morgan fingerprint density at radius 2 is 1.67 bits per heavy atom. The second-order valence-corrected chi connectivity index (χ2v) is 12.1. The molecule has 2 aromatic heterocycles. The van der Waals surface area contributed by atoms with E-state index in [-0.39, 0.29) is 72.4 Å². The topological polar surface area (TPSA) is 110 Å². The van der Waals surface area contributed by atoms with E-state index in [4.69, 9.17) is 4.74 Å². The van der Waals surface area contributed by atoms with Crippen LogP contribution < -0.4 is 20.7 Å². The minimum Gasteiger partial charge on any atom is -0.471 e. The first-order chi connectivity index (χ1) is 22.6. The predicted molar refractivity (Wildman–Crippen MR) is 158 cm³/mol. The smallest absolute Gasteiger partial charge is 0.418 e. The van der Waals surface area contributed by atoms with E-state index in [0.717, 1.165) is 31.7 Å². The number of carbonyl (C=O) groups is 2. The number of aromatic nitrogens is 3. The van der Waals surface area contributed by atoms with Crippen LogP contribution in [0.2, 0.25) is 0 Å². The molecule has 2 heterocycles. The van der Waals surface area contributed by atoms with Crippen molar-refractivity contribution in [1.29, 1.82) is 0 Å². The second kappa shape index (κ2) is 14.1. The van der Waals surface area contributed by atoms with E-state index in [1.54, 1.807) is 0 Å². The summed E-state index contributed by atoms with van der Waals surface area (Å²) in [6.45, 7) is -1.13. The quantitative estimate of drug-likeness (QED) is 0.197. The van der Waals surface area contributed by atoms with Gasteiger partial charge in [-0.2, -0.15) is 31.3 Å². The summed E-state index contributed by atoms with van der Waals surface area (Å²) in [5, 5.41) is 8.03. The Balaban J connectivity index is 1.41. The molecule has 0 atom stereocenters. The van der Waals surface area contributed by atoms with Crippen LogP contribution in [-0.4, -0.2) is 51.6 Å². The fourth-order valence-corrected chi connectivity index (χ4v) is 6.14. The molecule has 3 aromatic rings. The normalized spacial score (nSPS) is 19.1. The molecule has 2 aliphatic carbocycles. The fourth-order valence-electron chi connectivity index (χ4n) is 6.14. The number of aryl methyl sites for hydroxylation is 1. The van der Waals surface area contributed by atoms with Crippen molar-refractivity contribution in [2.45, 2.75) is 82.7 Å². The number of rotatable bonds is 10. The lowest BCUT2D eigenvalue weighted by molar-refractivity contribution is -0.182. The Labute approximate surface area is 269 Å². The monoisotopic (exact) mass is 690 g/mol. The zero-order chi connectivity index (χ0) is 34.8. The molecule has 0 bridgehead atoms. The molecule has 3 N–H and O–H groups in total. The Kier molecular flexibility index (Phi) is 10.3. The van der Waals surface area contributed by atoms with Gasteiger partial charge in [-0.15, -0.1) is 0 Å². The number of alkyl halides is 8. The standard InChI is InChI=1S/C31H34F8N6O3/c1-45-25-23(13-20(28(44-25)48-15-24(32)33)27(47)41-19-9-7-18(8-10-19)30(34,35)36)43-29(45)42-22-12-16(6-11-21(22)31(37,38)39)14-40-26(46)17-4-2-3-5-17/h6,11-13,17-19,24H,2-5,7-10,14-15H2,1H3,(H,40,46)(H,41,47)(H,42,43)/t18-,19-. The van der Waals surface area contributed by atoms with Gasteiger partial charge in [0.2, 0.25) is 17.7 Å².